The first kappa shape index (κ1) is 23.0. The lowest BCUT2D eigenvalue weighted by atomic mass is 10.1. The molecule has 2 aromatic rings. The van der Waals surface area contributed by atoms with Crippen molar-refractivity contribution in [3.8, 4) is 0 Å². The third kappa shape index (κ3) is 6.40. The van der Waals surface area contributed by atoms with Crippen molar-refractivity contribution < 1.29 is 9.59 Å². The van der Waals surface area contributed by atoms with Gasteiger partial charge in [0.2, 0.25) is 11.8 Å². The van der Waals surface area contributed by atoms with Crippen molar-refractivity contribution in [3.63, 3.8) is 0 Å². The fourth-order valence-corrected chi connectivity index (χ4v) is 5.35. The minimum absolute atomic E-state index is 0.0429. The molecule has 0 spiro atoms. The van der Waals surface area contributed by atoms with Crippen molar-refractivity contribution >= 4 is 23.2 Å². The molecule has 0 radical (unpaired) electrons. The summed E-state index contributed by atoms with van der Waals surface area (Å²) in [5.41, 5.74) is 1.10. The van der Waals surface area contributed by atoms with E-state index in [-0.39, 0.29) is 17.9 Å². The van der Waals surface area contributed by atoms with E-state index in [2.05, 4.69) is 33.3 Å². The van der Waals surface area contributed by atoms with E-state index >= 15 is 0 Å². The zero-order valence-corrected chi connectivity index (χ0v) is 19.6. The van der Waals surface area contributed by atoms with Crippen molar-refractivity contribution in [1.82, 2.24) is 20.0 Å². The van der Waals surface area contributed by atoms with E-state index in [9.17, 15) is 9.59 Å². The van der Waals surface area contributed by atoms with Gasteiger partial charge in [-0.05, 0) is 29.9 Å². The van der Waals surface area contributed by atoms with Gasteiger partial charge in [-0.25, -0.2) is 0 Å². The molecule has 0 bridgehead atoms. The lowest BCUT2D eigenvalue weighted by Crippen LogP contribution is -2.52. The first-order valence-electron chi connectivity index (χ1n) is 11.8. The van der Waals surface area contributed by atoms with Crippen molar-refractivity contribution in [2.45, 2.75) is 31.7 Å². The number of hydrogen-bond acceptors (Lipinski definition) is 5. The Kier molecular flexibility index (Phi) is 8.31. The molecule has 6 nitrogen and oxygen atoms in total. The third-order valence-electron chi connectivity index (χ3n) is 6.42. The number of nitrogens with zero attached hydrogens (tertiary/aromatic N) is 3. The predicted octanol–water partition coefficient (Wildman–Crippen LogP) is 2.97. The smallest absolute Gasteiger partial charge is 0.236 e. The van der Waals surface area contributed by atoms with Crippen LogP contribution in [-0.2, 0) is 9.59 Å². The highest BCUT2D eigenvalue weighted by Crippen LogP contribution is 2.25. The Morgan fingerprint density at radius 3 is 2.09 bits per heavy atom. The molecule has 32 heavy (non-hydrogen) atoms. The second kappa shape index (κ2) is 11.6. The SMILES string of the molecule is O=C(CN1CCN(CC(=O)N2CCCCCC2)CC1)N[C@@H](c1ccccc1)c1cccs1. The van der Waals surface area contributed by atoms with Gasteiger partial charge in [-0.3, -0.25) is 19.4 Å². The number of carbonyl (C=O) groups is 2. The normalized spacial score (nSPS) is 19.3. The molecule has 0 aliphatic carbocycles. The van der Waals surface area contributed by atoms with E-state index in [1.165, 1.54) is 12.8 Å². The van der Waals surface area contributed by atoms with E-state index in [0.717, 1.165) is 62.6 Å². The lowest BCUT2D eigenvalue weighted by Gasteiger charge is -2.35. The summed E-state index contributed by atoms with van der Waals surface area (Å²) in [6.45, 7) is 6.01. The van der Waals surface area contributed by atoms with Gasteiger partial charge in [0.25, 0.3) is 0 Å². The van der Waals surface area contributed by atoms with Crippen LogP contribution in [0.25, 0.3) is 0 Å². The van der Waals surface area contributed by atoms with E-state index in [1.54, 1.807) is 11.3 Å². The number of amides is 2. The Hall–Kier alpha value is -2.22. The van der Waals surface area contributed by atoms with Crippen LogP contribution < -0.4 is 5.32 Å². The van der Waals surface area contributed by atoms with Crippen molar-refractivity contribution in [2.24, 2.45) is 0 Å². The van der Waals surface area contributed by atoms with Crippen LogP contribution in [0, 0.1) is 0 Å². The molecule has 0 saturated carbocycles. The Balaban J connectivity index is 1.24. The van der Waals surface area contributed by atoms with Gasteiger partial charge in [0.05, 0.1) is 19.1 Å². The first-order valence-corrected chi connectivity index (χ1v) is 12.7. The fourth-order valence-electron chi connectivity index (χ4n) is 4.55. The van der Waals surface area contributed by atoms with Gasteiger partial charge in [0.15, 0.2) is 0 Å². The fraction of sp³-hybridized carbons (Fsp3) is 0.520. The molecule has 2 aliphatic rings. The zero-order valence-electron chi connectivity index (χ0n) is 18.7. The molecule has 0 unspecified atom stereocenters. The highest BCUT2D eigenvalue weighted by atomic mass is 32.1. The van der Waals surface area contributed by atoms with E-state index < -0.39 is 0 Å². The Morgan fingerprint density at radius 2 is 1.47 bits per heavy atom. The van der Waals surface area contributed by atoms with E-state index in [1.807, 2.05) is 34.5 Å². The van der Waals surface area contributed by atoms with E-state index in [0.29, 0.717) is 13.1 Å². The molecular weight excluding hydrogens is 420 g/mol. The molecule has 2 amide bonds. The number of rotatable bonds is 7. The highest BCUT2D eigenvalue weighted by molar-refractivity contribution is 7.10. The standard InChI is InChI=1S/C25H34N4O2S/c30-23(26-25(22-11-8-18-32-22)21-9-4-3-5-10-21)19-27-14-16-28(17-15-27)20-24(31)29-12-6-1-2-7-13-29/h3-5,8-11,18,25H,1-2,6-7,12-17,19-20H2,(H,26,30)/t25-/m0/s1. The molecule has 2 aliphatic heterocycles. The van der Waals surface area contributed by atoms with Crippen LogP contribution >= 0.6 is 11.3 Å². The van der Waals surface area contributed by atoms with Crippen molar-refractivity contribution in [1.29, 1.82) is 0 Å². The largest absolute Gasteiger partial charge is 0.343 e. The maximum atomic E-state index is 12.9. The quantitative estimate of drug-likeness (QED) is 0.699. The number of thiophene rings is 1. The second-order valence-electron chi connectivity index (χ2n) is 8.77. The maximum absolute atomic E-state index is 12.9. The monoisotopic (exact) mass is 454 g/mol. The maximum Gasteiger partial charge on any atom is 0.236 e. The topological polar surface area (TPSA) is 55.9 Å². The van der Waals surface area contributed by atoms with Gasteiger partial charge < -0.3 is 10.2 Å². The van der Waals surface area contributed by atoms with Crippen LogP contribution in [0.5, 0.6) is 0 Å². The molecule has 2 saturated heterocycles. The Labute approximate surface area is 195 Å². The number of carbonyl (C=O) groups excluding carboxylic acids is 2. The minimum Gasteiger partial charge on any atom is -0.343 e. The number of nitrogens with one attached hydrogen (secondary N) is 1. The van der Waals surface area contributed by atoms with Crippen LogP contribution in [0.3, 0.4) is 0 Å². The summed E-state index contributed by atoms with van der Waals surface area (Å²) in [5, 5.41) is 5.28. The summed E-state index contributed by atoms with van der Waals surface area (Å²) in [6.07, 6.45) is 4.73. The average molecular weight is 455 g/mol. The molecule has 1 aromatic heterocycles. The minimum atomic E-state index is -0.115. The van der Waals surface area contributed by atoms with Gasteiger partial charge in [-0.1, -0.05) is 49.2 Å². The van der Waals surface area contributed by atoms with Gasteiger partial charge in [-0.2, -0.15) is 0 Å². The molecule has 1 aromatic carbocycles. The lowest BCUT2D eigenvalue weighted by molar-refractivity contribution is -0.133. The van der Waals surface area contributed by atoms with Crippen LogP contribution in [0.4, 0.5) is 0 Å². The molecule has 1 N–H and O–H groups in total. The van der Waals surface area contributed by atoms with Crippen LogP contribution in [-0.4, -0.2) is 78.9 Å². The van der Waals surface area contributed by atoms with Gasteiger partial charge in [0, 0.05) is 44.1 Å². The number of likely N-dealkylation sites (tertiary alicyclic amines) is 1. The molecule has 1 atom stereocenters. The van der Waals surface area contributed by atoms with Crippen molar-refractivity contribution in [3.05, 3.63) is 58.3 Å². The van der Waals surface area contributed by atoms with Crippen LogP contribution in [0.1, 0.15) is 42.2 Å². The molecule has 2 fully saturated rings. The van der Waals surface area contributed by atoms with Gasteiger partial charge in [-0.15, -0.1) is 11.3 Å². The van der Waals surface area contributed by atoms with Crippen LogP contribution in [0.2, 0.25) is 0 Å². The first-order chi connectivity index (χ1) is 15.7. The Bertz CT molecular complexity index is 842. The third-order valence-corrected chi connectivity index (χ3v) is 7.35. The predicted molar refractivity (Wildman–Crippen MR) is 129 cm³/mol. The Morgan fingerprint density at radius 1 is 0.812 bits per heavy atom. The van der Waals surface area contributed by atoms with Gasteiger partial charge >= 0.3 is 0 Å². The summed E-state index contributed by atoms with van der Waals surface area (Å²) in [7, 11) is 0. The number of hydrogen-bond donors (Lipinski definition) is 1. The summed E-state index contributed by atoms with van der Waals surface area (Å²) in [4.78, 5) is 33.1. The molecule has 172 valence electrons. The molecule has 4 rings (SSSR count). The highest BCUT2D eigenvalue weighted by Gasteiger charge is 2.24. The average Bonchev–Trinajstić information content (AvgIpc) is 3.20. The second-order valence-corrected chi connectivity index (χ2v) is 9.75. The summed E-state index contributed by atoms with van der Waals surface area (Å²) in [6, 6.07) is 14.1. The molecule has 3 heterocycles. The zero-order chi connectivity index (χ0) is 22.2. The van der Waals surface area contributed by atoms with Gasteiger partial charge in [0.1, 0.15) is 0 Å². The number of benzene rings is 1. The summed E-state index contributed by atoms with van der Waals surface area (Å²) >= 11 is 1.66. The number of piperazine rings is 1. The summed E-state index contributed by atoms with van der Waals surface area (Å²) < 4.78 is 0. The van der Waals surface area contributed by atoms with E-state index in [4.69, 9.17) is 0 Å². The summed E-state index contributed by atoms with van der Waals surface area (Å²) in [5.74, 6) is 0.307. The van der Waals surface area contributed by atoms with Crippen molar-refractivity contribution in [2.75, 3.05) is 52.4 Å². The molecular formula is C25H34N4O2S. The molecule has 7 heteroatoms. The van der Waals surface area contributed by atoms with Crippen LogP contribution in [0.15, 0.2) is 47.8 Å².